The maximum absolute atomic E-state index is 14.6. The van der Waals surface area contributed by atoms with Crippen molar-refractivity contribution in [2.45, 2.75) is 58.7 Å². The molecule has 1 amide bonds. The molecule has 37 heavy (non-hydrogen) atoms. The molecule has 1 saturated carbocycles. The summed E-state index contributed by atoms with van der Waals surface area (Å²) in [6.07, 6.45) is -0.821. The van der Waals surface area contributed by atoms with Gasteiger partial charge in [0.2, 0.25) is 5.91 Å². The van der Waals surface area contributed by atoms with Crippen LogP contribution in [0, 0.1) is 18.2 Å². The lowest BCUT2D eigenvalue weighted by Gasteiger charge is -2.19. The van der Waals surface area contributed by atoms with Crippen LogP contribution in [-0.4, -0.2) is 26.8 Å². The second kappa shape index (κ2) is 9.00. The van der Waals surface area contributed by atoms with Gasteiger partial charge in [0.05, 0.1) is 22.7 Å². The summed E-state index contributed by atoms with van der Waals surface area (Å²) in [6.45, 7) is 8.51. The highest BCUT2D eigenvalue weighted by Crippen LogP contribution is 2.50. The Morgan fingerprint density at radius 3 is 2.35 bits per heavy atom. The Hall–Kier alpha value is -3.69. The largest absolute Gasteiger partial charge is 0.478 e. The molecule has 1 heterocycles. The lowest BCUT2D eigenvalue weighted by molar-refractivity contribution is -0.137. The zero-order valence-corrected chi connectivity index (χ0v) is 20.8. The number of benzene rings is 2. The van der Waals surface area contributed by atoms with Crippen LogP contribution in [0.1, 0.15) is 60.7 Å². The molecule has 1 aliphatic rings. The fourth-order valence-electron chi connectivity index (χ4n) is 4.55. The van der Waals surface area contributed by atoms with Crippen LogP contribution in [0.4, 0.5) is 23.2 Å². The summed E-state index contributed by atoms with van der Waals surface area (Å²) in [5.41, 5.74) is -0.783. The van der Waals surface area contributed by atoms with Crippen molar-refractivity contribution >= 4 is 17.6 Å². The summed E-state index contributed by atoms with van der Waals surface area (Å²) in [4.78, 5) is 25.3. The molecule has 1 fully saturated rings. The number of carboxylic acid groups (broad SMARTS) is 1. The number of aromatic carboxylic acids is 1. The van der Waals surface area contributed by atoms with Gasteiger partial charge in [0, 0.05) is 35.1 Å². The summed E-state index contributed by atoms with van der Waals surface area (Å²) in [5.74, 6) is -2.91. The minimum atomic E-state index is -4.70. The highest BCUT2D eigenvalue weighted by atomic mass is 19.4. The summed E-state index contributed by atoms with van der Waals surface area (Å²) < 4.78 is 55.2. The monoisotopic (exact) mass is 517 g/mol. The SMILES string of the molecule is Cc1cc(NC(=O)C2(c3ccc(C(F)(F)F)cc3F)CC2)cc(C(=O)O)c1-c1cnn(CC(C)(C)C)c1. The average Bonchev–Trinajstić information content (AvgIpc) is 3.45. The van der Waals surface area contributed by atoms with E-state index in [1.165, 1.54) is 6.07 Å². The van der Waals surface area contributed by atoms with Gasteiger partial charge < -0.3 is 10.4 Å². The maximum atomic E-state index is 14.6. The normalized spacial score (nSPS) is 14.9. The molecule has 0 unspecified atom stereocenters. The van der Waals surface area contributed by atoms with E-state index in [2.05, 4.69) is 31.2 Å². The molecule has 196 valence electrons. The zero-order chi connectivity index (χ0) is 27.3. The smallest absolute Gasteiger partial charge is 0.416 e. The summed E-state index contributed by atoms with van der Waals surface area (Å²) in [6, 6.07) is 5.08. The Labute approximate surface area is 211 Å². The van der Waals surface area contributed by atoms with Gasteiger partial charge in [-0.2, -0.15) is 18.3 Å². The van der Waals surface area contributed by atoms with E-state index in [0.29, 0.717) is 29.3 Å². The van der Waals surface area contributed by atoms with E-state index >= 15 is 0 Å². The first-order valence-electron chi connectivity index (χ1n) is 11.7. The van der Waals surface area contributed by atoms with Crippen molar-refractivity contribution in [1.82, 2.24) is 9.78 Å². The van der Waals surface area contributed by atoms with E-state index < -0.39 is 34.8 Å². The minimum absolute atomic E-state index is 0.0343. The van der Waals surface area contributed by atoms with E-state index in [-0.39, 0.29) is 35.1 Å². The van der Waals surface area contributed by atoms with Crippen molar-refractivity contribution in [2.24, 2.45) is 5.41 Å². The maximum Gasteiger partial charge on any atom is 0.416 e. The van der Waals surface area contributed by atoms with Crippen LogP contribution in [0.2, 0.25) is 0 Å². The standard InChI is InChI=1S/C27H27F4N3O3/c1-15-9-18(11-19(23(35)36)22(15)16-12-32-34(13-16)14-25(2,3)4)33-24(37)26(7-8-26)20-6-5-17(10-21(20)28)27(29,30)31/h5-6,9-13H,7-8,14H2,1-4H3,(H,33,37)(H,35,36). The molecule has 0 bridgehead atoms. The number of aryl methyl sites for hydroxylation is 1. The number of halogens is 4. The third kappa shape index (κ3) is 5.38. The van der Waals surface area contributed by atoms with Gasteiger partial charge in [-0.3, -0.25) is 9.48 Å². The Bertz CT molecular complexity index is 1380. The molecular formula is C27H27F4N3O3. The lowest BCUT2D eigenvalue weighted by atomic mass is 9.92. The van der Waals surface area contributed by atoms with Crippen molar-refractivity contribution in [1.29, 1.82) is 0 Å². The summed E-state index contributed by atoms with van der Waals surface area (Å²) in [7, 11) is 0. The number of hydrogen-bond donors (Lipinski definition) is 2. The fraction of sp³-hybridized carbons (Fsp3) is 0.370. The van der Waals surface area contributed by atoms with Crippen LogP contribution in [0.5, 0.6) is 0 Å². The number of carbonyl (C=O) groups excluding carboxylic acids is 1. The number of anilines is 1. The first kappa shape index (κ1) is 26.4. The Balaban J connectivity index is 1.63. The van der Waals surface area contributed by atoms with Crippen molar-refractivity contribution in [3.05, 3.63) is 70.8 Å². The molecule has 0 aliphatic heterocycles. The summed E-state index contributed by atoms with van der Waals surface area (Å²) in [5, 5.41) is 16.9. The predicted molar refractivity (Wildman–Crippen MR) is 130 cm³/mol. The number of hydrogen-bond acceptors (Lipinski definition) is 3. The Morgan fingerprint density at radius 2 is 1.81 bits per heavy atom. The molecule has 6 nitrogen and oxygen atoms in total. The molecule has 2 aromatic carbocycles. The van der Waals surface area contributed by atoms with Gasteiger partial charge in [-0.1, -0.05) is 26.8 Å². The van der Waals surface area contributed by atoms with Crippen LogP contribution in [0.25, 0.3) is 11.1 Å². The van der Waals surface area contributed by atoms with Crippen molar-refractivity contribution in [2.75, 3.05) is 5.32 Å². The van der Waals surface area contributed by atoms with Crippen LogP contribution < -0.4 is 5.32 Å². The molecule has 0 radical (unpaired) electrons. The van der Waals surface area contributed by atoms with Crippen LogP contribution >= 0.6 is 0 Å². The zero-order valence-electron chi connectivity index (χ0n) is 20.8. The molecule has 4 rings (SSSR count). The molecular weight excluding hydrogens is 490 g/mol. The second-order valence-corrected chi connectivity index (χ2v) is 10.7. The van der Waals surface area contributed by atoms with E-state index in [9.17, 15) is 32.3 Å². The third-order valence-corrected chi connectivity index (χ3v) is 6.38. The number of carboxylic acids is 1. The minimum Gasteiger partial charge on any atom is -0.478 e. The molecule has 10 heteroatoms. The number of rotatable bonds is 6. The van der Waals surface area contributed by atoms with Crippen LogP contribution in [0.15, 0.2) is 42.7 Å². The van der Waals surface area contributed by atoms with Crippen molar-refractivity contribution in [3.8, 4) is 11.1 Å². The van der Waals surface area contributed by atoms with E-state index in [1.807, 2.05) is 0 Å². The van der Waals surface area contributed by atoms with Crippen LogP contribution in [-0.2, 0) is 22.9 Å². The van der Waals surface area contributed by atoms with E-state index in [0.717, 1.165) is 12.1 Å². The number of nitrogens with one attached hydrogen (secondary N) is 1. The highest BCUT2D eigenvalue weighted by molar-refractivity contribution is 6.04. The van der Waals surface area contributed by atoms with Gasteiger partial charge in [0.25, 0.3) is 0 Å². The molecule has 0 saturated heterocycles. The molecule has 1 aromatic heterocycles. The fourth-order valence-corrected chi connectivity index (χ4v) is 4.55. The number of alkyl halides is 3. The molecule has 0 atom stereocenters. The van der Waals surface area contributed by atoms with Gasteiger partial charge >= 0.3 is 12.1 Å². The van der Waals surface area contributed by atoms with Gasteiger partial charge in [0.15, 0.2) is 0 Å². The second-order valence-electron chi connectivity index (χ2n) is 10.7. The van der Waals surface area contributed by atoms with E-state index in [1.54, 1.807) is 30.1 Å². The Kier molecular flexibility index (Phi) is 6.42. The van der Waals surface area contributed by atoms with Gasteiger partial charge in [-0.15, -0.1) is 0 Å². The van der Waals surface area contributed by atoms with Gasteiger partial charge in [-0.25, -0.2) is 9.18 Å². The Morgan fingerprint density at radius 1 is 1.14 bits per heavy atom. The first-order chi connectivity index (χ1) is 17.1. The van der Waals surface area contributed by atoms with Gasteiger partial charge in [0.1, 0.15) is 5.82 Å². The van der Waals surface area contributed by atoms with Crippen molar-refractivity contribution < 1.29 is 32.3 Å². The lowest BCUT2D eigenvalue weighted by Crippen LogP contribution is -2.29. The number of amides is 1. The van der Waals surface area contributed by atoms with Gasteiger partial charge in [-0.05, 0) is 55.0 Å². The third-order valence-electron chi connectivity index (χ3n) is 6.38. The predicted octanol–water partition coefficient (Wildman–Crippen LogP) is 6.43. The molecule has 3 aromatic rings. The average molecular weight is 518 g/mol. The topological polar surface area (TPSA) is 84.2 Å². The van der Waals surface area contributed by atoms with E-state index in [4.69, 9.17) is 0 Å². The van der Waals surface area contributed by atoms with Crippen LogP contribution in [0.3, 0.4) is 0 Å². The number of aromatic nitrogens is 2. The summed E-state index contributed by atoms with van der Waals surface area (Å²) >= 11 is 0. The molecule has 0 spiro atoms. The first-order valence-corrected chi connectivity index (χ1v) is 11.7. The molecule has 2 N–H and O–H groups in total. The molecule has 1 aliphatic carbocycles. The number of carbonyl (C=O) groups is 2. The van der Waals surface area contributed by atoms with Crippen molar-refractivity contribution in [3.63, 3.8) is 0 Å². The quantitative estimate of drug-likeness (QED) is 0.369. The highest BCUT2D eigenvalue weighted by Gasteiger charge is 2.53. The number of nitrogens with zero attached hydrogens (tertiary/aromatic N) is 2.